The number of carbonyl (C=O) groups excluding carboxylic acids is 1. The summed E-state index contributed by atoms with van der Waals surface area (Å²) in [5.74, 6) is 3.74. The van der Waals surface area contributed by atoms with E-state index in [-0.39, 0.29) is 27.9 Å². The van der Waals surface area contributed by atoms with E-state index < -0.39 is 32.7 Å². The zero-order valence-electron chi connectivity index (χ0n) is 26.1. The molecule has 0 spiro atoms. The minimum Gasteiger partial charge on any atom is -0.543 e. The Morgan fingerprint density at radius 3 is 1.73 bits per heavy atom. The molecule has 40 heavy (non-hydrogen) atoms. The van der Waals surface area contributed by atoms with Crippen LogP contribution in [0.3, 0.4) is 0 Å². The van der Waals surface area contributed by atoms with Crippen LogP contribution in [0.25, 0.3) is 0 Å². The lowest BCUT2D eigenvalue weighted by Gasteiger charge is -2.38. The van der Waals surface area contributed by atoms with E-state index in [0.717, 1.165) is 15.4 Å². The summed E-state index contributed by atoms with van der Waals surface area (Å²) >= 11 is 0. The van der Waals surface area contributed by atoms with Crippen molar-refractivity contribution in [2.75, 3.05) is 6.54 Å². The van der Waals surface area contributed by atoms with Crippen molar-refractivity contribution in [1.82, 2.24) is 4.31 Å². The largest absolute Gasteiger partial charge is 0.543 e. The quantitative estimate of drug-likeness (QED) is 0.155. The van der Waals surface area contributed by atoms with Crippen molar-refractivity contribution in [3.8, 4) is 23.8 Å². The molecule has 0 aromatic heterocycles. The maximum atomic E-state index is 13.6. The van der Waals surface area contributed by atoms with Gasteiger partial charge in [-0.2, -0.15) is 4.31 Å². The number of hydrogen-bond acceptors (Lipinski definition) is 5. The molecule has 0 amide bonds. The first kappa shape index (κ1) is 33.8. The molecule has 0 unspecified atom stereocenters. The Kier molecular flexibility index (Phi) is 10.3. The molecule has 2 aromatic rings. The van der Waals surface area contributed by atoms with Crippen LogP contribution >= 0.6 is 0 Å². The van der Waals surface area contributed by atoms with Gasteiger partial charge in [0, 0.05) is 6.07 Å². The van der Waals surface area contributed by atoms with Crippen LogP contribution in [-0.4, -0.2) is 48.2 Å². The number of aldehydes is 1. The minimum atomic E-state index is -4.02. The summed E-state index contributed by atoms with van der Waals surface area (Å²) < 4.78 is 41.6. The fourth-order valence-electron chi connectivity index (χ4n) is 3.54. The molecule has 2 aromatic carbocycles. The van der Waals surface area contributed by atoms with Crippen molar-refractivity contribution >= 4 is 32.9 Å². The molecule has 0 fully saturated rings. The highest BCUT2D eigenvalue weighted by atomic mass is 32.2. The van der Waals surface area contributed by atoms with Crippen molar-refractivity contribution in [2.45, 2.75) is 102 Å². The van der Waals surface area contributed by atoms with E-state index in [1.165, 1.54) is 12.1 Å². The van der Waals surface area contributed by atoms with Gasteiger partial charge < -0.3 is 13.6 Å². The molecule has 0 saturated heterocycles. The van der Waals surface area contributed by atoms with E-state index in [4.69, 9.17) is 15.3 Å². The fraction of sp³-hybridized carbons (Fsp3) is 0.516. The molecule has 2 rings (SSSR count). The van der Waals surface area contributed by atoms with E-state index >= 15 is 0 Å². The van der Waals surface area contributed by atoms with E-state index in [0.29, 0.717) is 17.8 Å². The summed E-state index contributed by atoms with van der Waals surface area (Å²) in [6.07, 6.45) is 6.36. The van der Waals surface area contributed by atoms with Crippen LogP contribution in [0, 0.1) is 19.3 Å². The van der Waals surface area contributed by atoms with Gasteiger partial charge in [0.1, 0.15) is 17.8 Å². The van der Waals surface area contributed by atoms with Crippen LogP contribution < -0.4 is 8.85 Å². The number of sulfonamides is 1. The first-order valence-electron chi connectivity index (χ1n) is 13.6. The predicted octanol–water partition coefficient (Wildman–Crippen LogP) is 7.20. The van der Waals surface area contributed by atoms with Crippen molar-refractivity contribution in [3.05, 3.63) is 53.6 Å². The zero-order valence-corrected chi connectivity index (χ0v) is 28.9. The fourth-order valence-corrected chi connectivity index (χ4v) is 7.04. The van der Waals surface area contributed by atoms with Gasteiger partial charge in [0.2, 0.25) is 26.7 Å². The molecular formula is C31H47NO5SSi2. The van der Waals surface area contributed by atoms with Crippen LogP contribution in [0.1, 0.15) is 52.7 Å². The van der Waals surface area contributed by atoms with Gasteiger partial charge >= 0.3 is 0 Å². The summed E-state index contributed by atoms with van der Waals surface area (Å²) in [6.45, 7) is 23.4. The van der Waals surface area contributed by atoms with Crippen LogP contribution in [-0.2, 0) is 21.2 Å². The first-order valence-corrected chi connectivity index (χ1v) is 20.9. The summed E-state index contributed by atoms with van der Waals surface area (Å²) in [5.41, 5.74) is 1.67. The lowest BCUT2D eigenvalue weighted by Crippen LogP contribution is -2.45. The highest BCUT2D eigenvalue weighted by molar-refractivity contribution is 7.89. The predicted molar refractivity (Wildman–Crippen MR) is 170 cm³/mol. The topological polar surface area (TPSA) is 72.9 Å². The van der Waals surface area contributed by atoms with Crippen LogP contribution in [0.4, 0.5) is 0 Å². The normalized spacial score (nSPS) is 14.0. The molecule has 6 nitrogen and oxygen atoms in total. The monoisotopic (exact) mass is 601 g/mol. The van der Waals surface area contributed by atoms with Gasteiger partial charge in [0.15, 0.2) is 0 Å². The van der Waals surface area contributed by atoms with Crippen molar-refractivity contribution in [2.24, 2.45) is 0 Å². The average molecular weight is 602 g/mol. The van der Waals surface area contributed by atoms with Gasteiger partial charge in [-0.15, -0.1) is 6.42 Å². The SMILES string of the molecule is C#CCN([C@H](C=O)Cc1cc(O[Si](C)(C)C(C)(C)C)cc(O[Si](C)(C)C(C)(C)C)c1)S(=O)(=O)c1ccc(C)cc1. The van der Waals surface area contributed by atoms with E-state index in [1.807, 2.05) is 25.1 Å². The zero-order chi connectivity index (χ0) is 30.7. The van der Waals surface area contributed by atoms with Gasteiger partial charge in [-0.05, 0) is 79.4 Å². The van der Waals surface area contributed by atoms with Gasteiger partial charge in [-0.1, -0.05) is 65.2 Å². The van der Waals surface area contributed by atoms with Crippen molar-refractivity contribution in [3.63, 3.8) is 0 Å². The van der Waals surface area contributed by atoms with Crippen LogP contribution in [0.5, 0.6) is 11.5 Å². The smallest absolute Gasteiger partial charge is 0.250 e. The molecule has 0 bridgehead atoms. The summed E-state index contributed by atoms with van der Waals surface area (Å²) in [5, 5.41) is -0.0546. The molecule has 0 N–H and O–H groups in total. The van der Waals surface area contributed by atoms with Crippen molar-refractivity contribution in [1.29, 1.82) is 0 Å². The molecule has 1 atom stereocenters. The van der Waals surface area contributed by atoms with Crippen LogP contribution in [0.2, 0.25) is 36.3 Å². The Hall–Kier alpha value is -2.39. The Morgan fingerprint density at radius 1 is 0.900 bits per heavy atom. The number of terminal acetylenes is 1. The van der Waals surface area contributed by atoms with Crippen LogP contribution in [0.15, 0.2) is 47.4 Å². The number of nitrogens with zero attached hydrogens (tertiary/aromatic N) is 1. The average Bonchev–Trinajstić information content (AvgIpc) is 2.79. The Labute approximate surface area is 244 Å². The number of carbonyl (C=O) groups is 1. The maximum absolute atomic E-state index is 13.6. The first-order chi connectivity index (χ1) is 18.1. The second kappa shape index (κ2) is 12.2. The Morgan fingerprint density at radius 2 is 1.35 bits per heavy atom. The highest BCUT2D eigenvalue weighted by Gasteiger charge is 2.41. The number of rotatable bonds is 11. The summed E-state index contributed by atoms with van der Waals surface area (Å²) in [6, 6.07) is 11.2. The van der Waals surface area contributed by atoms with Gasteiger partial charge in [0.05, 0.1) is 17.5 Å². The summed E-state index contributed by atoms with van der Waals surface area (Å²) in [4.78, 5) is 12.5. The van der Waals surface area contributed by atoms with E-state index in [1.54, 1.807) is 12.1 Å². The third-order valence-corrected chi connectivity index (χ3v) is 18.7. The third-order valence-electron chi connectivity index (χ3n) is 8.14. The van der Waals surface area contributed by atoms with Crippen molar-refractivity contribution < 1.29 is 22.1 Å². The second-order valence-corrected chi connectivity index (χ2v) is 24.9. The number of hydrogen-bond donors (Lipinski definition) is 0. The summed E-state index contributed by atoms with van der Waals surface area (Å²) in [7, 11) is -8.41. The standard InChI is InChI=1S/C31H47NO5SSi2/c1-13-18-32(38(34,35)29-16-14-24(2)15-17-29)26(23-33)19-25-20-27(36-39(9,10)30(3,4)5)22-28(21-25)37-40(11,12)31(6,7)8/h1,14-17,20-23,26H,18-19H2,2-12H3/t26-/m0/s1. The maximum Gasteiger partial charge on any atom is 0.250 e. The van der Waals surface area contributed by atoms with E-state index in [2.05, 4.69) is 73.7 Å². The molecule has 220 valence electrons. The lowest BCUT2D eigenvalue weighted by atomic mass is 10.1. The third kappa shape index (κ3) is 8.09. The molecule has 0 radical (unpaired) electrons. The molecular weight excluding hydrogens is 555 g/mol. The molecule has 0 aliphatic rings. The molecule has 9 heteroatoms. The minimum absolute atomic E-state index is 0.0273. The highest BCUT2D eigenvalue weighted by Crippen LogP contribution is 2.41. The van der Waals surface area contributed by atoms with E-state index in [9.17, 15) is 13.2 Å². The Balaban J connectivity index is 2.59. The second-order valence-electron chi connectivity index (χ2n) is 13.5. The number of benzene rings is 2. The Bertz CT molecular complexity index is 1290. The lowest BCUT2D eigenvalue weighted by molar-refractivity contribution is -0.110. The molecule has 0 saturated carbocycles. The molecule has 0 aliphatic carbocycles. The van der Waals surface area contributed by atoms with Gasteiger partial charge in [0.25, 0.3) is 0 Å². The molecule has 0 aliphatic heterocycles. The number of aryl methyl sites for hydroxylation is 1. The molecule has 0 heterocycles. The van der Waals surface area contributed by atoms with Gasteiger partial charge in [-0.25, -0.2) is 8.42 Å². The van der Waals surface area contributed by atoms with Gasteiger partial charge in [-0.3, -0.25) is 0 Å².